The van der Waals surface area contributed by atoms with E-state index in [1.807, 2.05) is 12.1 Å². The van der Waals surface area contributed by atoms with Crippen LogP contribution in [0.15, 0.2) is 42.5 Å². The number of halogens is 2. The molecule has 0 radical (unpaired) electrons. The minimum atomic E-state index is -2.12. The molecule has 1 heterocycles. The Hall–Kier alpha value is -2.16. The molecular formula is C22H24F2N2O3S. The lowest BCUT2D eigenvalue weighted by Gasteiger charge is -2.24. The van der Waals surface area contributed by atoms with E-state index in [4.69, 9.17) is 4.55 Å². The molecule has 1 amide bonds. The summed E-state index contributed by atoms with van der Waals surface area (Å²) in [5.41, 5.74) is 1.20. The molecule has 2 N–H and O–H groups in total. The predicted molar refractivity (Wildman–Crippen MR) is 111 cm³/mol. The lowest BCUT2D eigenvalue weighted by Crippen LogP contribution is -2.43. The van der Waals surface area contributed by atoms with Gasteiger partial charge in [-0.2, -0.15) is 0 Å². The van der Waals surface area contributed by atoms with E-state index in [9.17, 15) is 17.8 Å². The molecule has 160 valence electrons. The minimum absolute atomic E-state index is 0.00114. The van der Waals surface area contributed by atoms with Crippen LogP contribution in [0.4, 0.5) is 8.78 Å². The number of amides is 1. The number of nitrogens with one attached hydrogen (secondary N) is 1. The third-order valence-corrected chi connectivity index (χ3v) is 6.49. The van der Waals surface area contributed by atoms with E-state index in [1.165, 1.54) is 18.2 Å². The Labute approximate surface area is 176 Å². The Morgan fingerprint density at radius 2 is 1.83 bits per heavy atom. The van der Waals surface area contributed by atoms with Gasteiger partial charge in [-0.25, -0.2) is 17.7 Å². The van der Waals surface area contributed by atoms with Crippen molar-refractivity contribution in [3.63, 3.8) is 0 Å². The summed E-state index contributed by atoms with van der Waals surface area (Å²) in [7, 11) is 0. The molecule has 0 spiro atoms. The second-order valence-corrected chi connectivity index (χ2v) is 8.71. The molecule has 5 nitrogen and oxygen atoms in total. The molecule has 0 aromatic heterocycles. The average molecular weight is 435 g/mol. The van der Waals surface area contributed by atoms with Crippen molar-refractivity contribution in [2.24, 2.45) is 5.92 Å². The van der Waals surface area contributed by atoms with E-state index in [0.717, 1.165) is 24.8 Å². The first-order valence-corrected chi connectivity index (χ1v) is 11.3. The van der Waals surface area contributed by atoms with Crippen LogP contribution in [-0.4, -0.2) is 38.7 Å². The summed E-state index contributed by atoms with van der Waals surface area (Å²) in [5.74, 6) is -1.57. The van der Waals surface area contributed by atoms with Gasteiger partial charge in [0.05, 0.1) is 5.56 Å². The molecule has 2 aromatic carbocycles. The molecule has 30 heavy (non-hydrogen) atoms. The van der Waals surface area contributed by atoms with Crippen LogP contribution in [0.1, 0.15) is 37.2 Å². The summed E-state index contributed by atoms with van der Waals surface area (Å²) in [6, 6.07) is 10.7. The van der Waals surface area contributed by atoms with Crippen LogP contribution in [-0.2, 0) is 16.1 Å². The average Bonchev–Trinajstić information content (AvgIpc) is 3.52. The largest absolute Gasteiger partial charge is 0.341 e. The monoisotopic (exact) mass is 434 g/mol. The SMILES string of the molecule is O=C(C1CC1c1ccccc1-c1c(F)cccc1F)N1CCCCC(NS(=O)O)C1. The molecule has 8 heteroatoms. The van der Waals surface area contributed by atoms with E-state index in [-0.39, 0.29) is 29.3 Å². The fraction of sp³-hybridized carbons (Fsp3) is 0.409. The highest BCUT2D eigenvalue weighted by atomic mass is 32.2. The van der Waals surface area contributed by atoms with Gasteiger partial charge < -0.3 is 4.90 Å². The fourth-order valence-electron chi connectivity index (χ4n) is 4.43. The normalized spacial score (nSPS) is 24.9. The third kappa shape index (κ3) is 4.45. The number of hydrogen-bond acceptors (Lipinski definition) is 2. The molecule has 2 aromatic rings. The summed E-state index contributed by atoms with van der Waals surface area (Å²) in [4.78, 5) is 14.9. The number of nitrogens with zero attached hydrogens (tertiary/aromatic N) is 1. The van der Waals surface area contributed by atoms with Crippen molar-refractivity contribution in [1.82, 2.24) is 9.62 Å². The molecule has 1 saturated heterocycles. The van der Waals surface area contributed by atoms with Gasteiger partial charge in [-0.15, -0.1) is 0 Å². The maximum absolute atomic E-state index is 14.4. The summed E-state index contributed by atoms with van der Waals surface area (Å²) in [5, 5.41) is 0. The van der Waals surface area contributed by atoms with Crippen LogP contribution >= 0.6 is 0 Å². The summed E-state index contributed by atoms with van der Waals surface area (Å²) < 4.78 is 51.6. The first-order valence-electron chi connectivity index (χ1n) is 10.1. The molecule has 2 aliphatic rings. The third-order valence-electron chi connectivity index (χ3n) is 5.95. The first-order chi connectivity index (χ1) is 14.5. The van der Waals surface area contributed by atoms with Crippen LogP contribution < -0.4 is 4.72 Å². The van der Waals surface area contributed by atoms with E-state index < -0.39 is 22.9 Å². The van der Waals surface area contributed by atoms with Gasteiger partial charge >= 0.3 is 0 Å². The Morgan fingerprint density at radius 3 is 2.57 bits per heavy atom. The molecule has 4 atom stereocenters. The van der Waals surface area contributed by atoms with Gasteiger partial charge in [0.1, 0.15) is 11.6 Å². The van der Waals surface area contributed by atoms with Crippen LogP contribution in [0, 0.1) is 17.6 Å². The van der Waals surface area contributed by atoms with Crippen molar-refractivity contribution < 1.29 is 22.3 Å². The highest BCUT2D eigenvalue weighted by Crippen LogP contribution is 2.51. The van der Waals surface area contributed by atoms with E-state index >= 15 is 0 Å². The molecule has 4 unspecified atom stereocenters. The number of likely N-dealkylation sites (tertiary alicyclic amines) is 1. The van der Waals surface area contributed by atoms with Crippen LogP contribution in [0.2, 0.25) is 0 Å². The molecule has 2 fully saturated rings. The van der Waals surface area contributed by atoms with Gasteiger partial charge in [0, 0.05) is 25.0 Å². The quantitative estimate of drug-likeness (QED) is 0.703. The van der Waals surface area contributed by atoms with Crippen LogP contribution in [0.5, 0.6) is 0 Å². The number of hydrogen-bond donors (Lipinski definition) is 2. The van der Waals surface area contributed by atoms with Gasteiger partial charge in [-0.05, 0) is 48.4 Å². The molecule has 1 aliphatic carbocycles. The number of rotatable bonds is 5. The van der Waals surface area contributed by atoms with Crippen molar-refractivity contribution in [3.8, 4) is 11.1 Å². The first kappa shape index (κ1) is 21.1. The predicted octanol–water partition coefficient (Wildman–Crippen LogP) is 3.84. The second kappa shape index (κ2) is 8.91. The van der Waals surface area contributed by atoms with Crippen molar-refractivity contribution >= 4 is 17.2 Å². The Balaban J connectivity index is 1.54. The van der Waals surface area contributed by atoms with Crippen molar-refractivity contribution in [3.05, 3.63) is 59.7 Å². The van der Waals surface area contributed by atoms with Gasteiger partial charge in [-0.1, -0.05) is 36.8 Å². The fourth-order valence-corrected chi connectivity index (χ4v) is 4.91. The van der Waals surface area contributed by atoms with Crippen molar-refractivity contribution in [2.45, 2.75) is 37.6 Å². The van der Waals surface area contributed by atoms with Crippen molar-refractivity contribution in [2.75, 3.05) is 13.1 Å². The topological polar surface area (TPSA) is 69.6 Å². The molecule has 4 rings (SSSR count). The zero-order valence-electron chi connectivity index (χ0n) is 16.4. The lowest BCUT2D eigenvalue weighted by atomic mass is 9.95. The van der Waals surface area contributed by atoms with Gasteiger partial charge in [-0.3, -0.25) is 9.35 Å². The number of benzene rings is 2. The molecular weight excluding hydrogens is 410 g/mol. The van der Waals surface area contributed by atoms with Gasteiger partial charge in [0.2, 0.25) is 17.2 Å². The summed E-state index contributed by atoms with van der Waals surface area (Å²) in [6.45, 7) is 1.000. The highest BCUT2D eigenvalue weighted by molar-refractivity contribution is 7.77. The standard InChI is InChI=1S/C22H24F2N2O3S/c23-19-9-5-10-20(24)21(19)16-8-2-1-7-15(16)17-12-18(17)22(27)26-11-4-3-6-14(13-26)25-30(28)29/h1-2,5,7-10,14,17-18,25H,3-4,6,11-13H2,(H,28,29). The smallest absolute Gasteiger partial charge is 0.232 e. The van der Waals surface area contributed by atoms with Gasteiger partial charge in [0.25, 0.3) is 0 Å². The lowest BCUT2D eigenvalue weighted by molar-refractivity contribution is -0.132. The second-order valence-electron chi connectivity index (χ2n) is 7.98. The maximum atomic E-state index is 14.4. The highest BCUT2D eigenvalue weighted by Gasteiger charge is 2.47. The van der Waals surface area contributed by atoms with Crippen LogP contribution in [0.25, 0.3) is 11.1 Å². The molecule has 0 bridgehead atoms. The number of carbonyl (C=O) groups is 1. The Bertz CT molecular complexity index is 951. The Morgan fingerprint density at radius 1 is 1.10 bits per heavy atom. The van der Waals surface area contributed by atoms with E-state index in [2.05, 4.69) is 4.72 Å². The summed E-state index contributed by atoms with van der Waals surface area (Å²) in [6.07, 6.45) is 3.09. The van der Waals surface area contributed by atoms with Gasteiger partial charge in [0.15, 0.2) is 0 Å². The number of carbonyl (C=O) groups excluding carboxylic acids is 1. The molecule has 1 saturated carbocycles. The maximum Gasteiger partial charge on any atom is 0.232 e. The van der Waals surface area contributed by atoms with E-state index in [0.29, 0.717) is 25.1 Å². The molecule has 1 aliphatic heterocycles. The zero-order valence-corrected chi connectivity index (χ0v) is 17.2. The minimum Gasteiger partial charge on any atom is -0.341 e. The Kier molecular flexibility index (Phi) is 6.26. The van der Waals surface area contributed by atoms with E-state index in [1.54, 1.807) is 17.0 Å². The van der Waals surface area contributed by atoms with Crippen molar-refractivity contribution in [1.29, 1.82) is 0 Å². The summed E-state index contributed by atoms with van der Waals surface area (Å²) >= 11 is -2.12. The van der Waals surface area contributed by atoms with Crippen LogP contribution in [0.3, 0.4) is 0 Å². The zero-order chi connectivity index (χ0) is 21.3.